The summed E-state index contributed by atoms with van der Waals surface area (Å²) in [7, 11) is 0. The lowest BCUT2D eigenvalue weighted by molar-refractivity contribution is -0.258. The molecule has 0 spiro atoms. The van der Waals surface area contributed by atoms with E-state index in [9.17, 15) is 29.4 Å². The summed E-state index contributed by atoms with van der Waals surface area (Å²) in [5, 5.41) is 23.8. The van der Waals surface area contributed by atoms with Crippen molar-refractivity contribution in [2.45, 2.75) is 120 Å². The number of carbonyl (C=O) groups excluding carboxylic acids is 4. The van der Waals surface area contributed by atoms with Gasteiger partial charge >= 0.3 is 23.9 Å². The minimum atomic E-state index is -2.29. The number of hydrogen-bond acceptors (Lipinski definition) is 11. The van der Waals surface area contributed by atoms with Crippen molar-refractivity contribution in [2.24, 2.45) is 17.3 Å². The number of fused-ring (bicyclic) bond motifs is 4. The van der Waals surface area contributed by atoms with Gasteiger partial charge in [0.05, 0.1) is 17.4 Å². The molecule has 4 aliphatic rings. The van der Waals surface area contributed by atoms with Crippen molar-refractivity contribution in [3.63, 3.8) is 0 Å². The number of alkyl halides is 1. The van der Waals surface area contributed by atoms with E-state index >= 15 is 0 Å². The molecule has 0 unspecified atom stereocenters. The van der Waals surface area contributed by atoms with Crippen LogP contribution in [0.15, 0.2) is 24.3 Å². The Labute approximate surface area is 250 Å². The van der Waals surface area contributed by atoms with Crippen LogP contribution in [0.1, 0.15) is 67.2 Å². The average Bonchev–Trinajstić information content (AvgIpc) is 3.67. The molecule has 234 valence electrons. The predicted octanol–water partition coefficient (Wildman–Crippen LogP) is 2.52. The highest BCUT2D eigenvalue weighted by Crippen LogP contribution is 2.63. The van der Waals surface area contributed by atoms with Crippen molar-refractivity contribution in [1.82, 2.24) is 0 Å². The van der Waals surface area contributed by atoms with E-state index in [2.05, 4.69) is 6.58 Å². The SMILES string of the molecule is C=C1/C=C\[C@H](OC(=O)CCC)[C@@]2(C)[C@H]3O[C@H]3[C@@H](OC(=O)CCC)[C@@](C)(O)[C@@H]2[C@@H](OC(C)=O)[C@]2(O)[C@@H](C)C(=O)O[C@H]2[C@H]1Cl. The number of aliphatic hydroxyl groups is 2. The maximum atomic E-state index is 13.0. The standard InChI is InChI=1S/C30H41ClO11/c1-8-10-18(33)39-17-13-12-14(3)20(31)23-30(37,15(4)27(35)42-23)26(38-16(5)32)22-28(17,6)24-21(41-24)25(29(22,7)36)40-19(34)11-9-2/h12-13,15,17,20-26,36-37H,3,8-11H2,1-2,4-7H3/b13-12-/t15-,17-,20-,21+,22+,23-,24-,25+,26+,28+,29-,30-/m0/s1. The summed E-state index contributed by atoms with van der Waals surface area (Å²) in [5.74, 6) is -5.34. The Hall–Kier alpha value is -2.47. The van der Waals surface area contributed by atoms with Gasteiger partial charge in [-0.2, -0.15) is 0 Å². The van der Waals surface area contributed by atoms with Crippen LogP contribution >= 0.6 is 11.6 Å². The Morgan fingerprint density at radius 3 is 2.19 bits per heavy atom. The summed E-state index contributed by atoms with van der Waals surface area (Å²) in [6.45, 7) is 13.2. The topological polar surface area (TPSA) is 158 Å². The number of esters is 4. The zero-order valence-electron chi connectivity index (χ0n) is 24.8. The van der Waals surface area contributed by atoms with E-state index in [0.717, 1.165) is 6.92 Å². The molecular formula is C30H41ClO11. The fourth-order valence-electron chi connectivity index (χ4n) is 7.08. The maximum Gasteiger partial charge on any atom is 0.312 e. The number of rotatable bonds is 7. The lowest BCUT2D eigenvalue weighted by Crippen LogP contribution is -2.73. The Morgan fingerprint density at radius 1 is 1.02 bits per heavy atom. The smallest absolute Gasteiger partial charge is 0.312 e. The minimum absolute atomic E-state index is 0.0840. The Morgan fingerprint density at radius 2 is 1.62 bits per heavy atom. The largest absolute Gasteiger partial charge is 0.459 e. The van der Waals surface area contributed by atoms with Gasteiger partial charge in [0.25, 0.3) is 0 Å². The van der Waals surface area contributed by atoms with Crippen LogP contribution in [0.3, 0.4) is 0 Å². The third kappa shape index (κ3) is 5.16. The predicted molar refractivity (Wildman–Crippen MR) is 148 cm³/mol. The second-order valence-electron chi connectivity index (χ2n) is 12.2. The number of halogens is 1. The van der Waals surface area contributed by atoms with Crippen LogP contribution in [0.2, 0.25) is 0 Å². The summed E-state index contributed by atoms with van der Waals surface area (Å²) in [5.41, 5.74) is -5.50. The normalized spacial score (nSPS) is 44.9. The van der Waals surface area contributed by atoms with E-state index in [1.165, 1.54) is 19.9 Å². The van der Waals surface area contributed by atoms with Crippen LogP contribution < -0.4 is 0 Å². The van der Waals surface area contributed by atoms with Crippen molar-refractivity contribution in [3.05, 3.63) is 24.3 Å². The monoisotopic (exact) mass is 612 g/mol. The van der Waals surface area contributed by atoms with Gasteiger partial charge in [-0.25, -0.2) is 0 Å². The summed E-state index contributed by atoms with van der Waals surface area (Å²) in [6.07, 6.45) is -2.76. The van der Waals surface area contributed by atoms with E-state index in [1.54, 1.807) is 19.9 Å². The van der Waals surface area contributed by atoms with Crippen molar-refractivity contribution in [1.29, 1.82) is 0 Å². The molecule has 4 rings (SSSR count). The molecule has 0 bridgehead atoms. The summed E-state index contributed by atoms with van der Waals surface area (Å²) in [4.78, 5) is 51.3. The fourth-order valence-corrected chi connectivity index (χ4v) is 7.40. The lowest BCUT2D eigenvalue weighted by atomic mass is 9.52. The first kappa shape index (κ1) is 32.4. The molecule has 1 saturated carbocycles. The first-order valence-electron chi connectivity index (χ1n) is 14.4. The highest BCUT2D eigenvalue weighted by atomic mass is 35.5. The first-order chi connectivity index (χ1) is 19.6. The fraction of sp³-hybridized carbons (Fsp3) is 0.733. The minimum Gasteiger partial charge on any atom is -0.459 e. The highest BCUT2D eigenvalue weighted by molar-refractivity contribution is 6.23. The first-order valence-corrected chi connectivity index (χ1v) is 14.9. The van der Waals surface area contributed by atoms with Crippen LogP contribution in [-0.2, 0) is 42.9 Å². The molecule has 0 aromatic rings. The van der Waals surface area contributed by atoms with Gasteiger partial charge in [-0.05, 0) is 38.3 Å². The van der Waals surface area contributed by atoms with Gasteiger partial charge in [-0.1, -0.05) is 33.4 Å². The molecular weight excluding hydrogens is 572 g/mol. The molecule has 12 heteroatoms. The summed E-state index contributed by atoms with van der Waals surface area (Å²) >= 11 is 6.75. The molecule has 2 N–H and O–H groups in total. The number of ether oxygens (including phenoxy) is 5. The molecule has 0 radical (unpaired) electrons. The Balaban J connectivity index is 2.00. The Kier molecular flexibility index (Phi) is 8.93. The van der Waals surface area contributed by atoms with Crippen molar-refractivity contribution < 1.29 is 53.1 Å². The van der Waals surface area contributed by atoms with Crippen LogP contribution in [0.25, 0.3) is 0 Å². The molecule has 2 aliphatic carbocycles. The molecule has 2 aliphatic heterocycles. The van der Waals surface area contributed by atoms with Crippen LogP contribution in [0.4, 0.5) is 0 Å². The second kappa shape index (κ2) is 11.6. The molecule has 42 heavy (non-hydrogen) atoms. The van der Waals surface area contributed by atoms with Crippen molar-refractivity contribution >= 4 is 35.5 Å². The molecule has 0 aromatic heterocycles. The third-order valence-corrected chi connectivity index (χ3v) is 9.76. The van der Waals surface area contributed by atoms with E-state index in [1.807, 2.05) is 6.92 Å². The second-order valence-corrected chi connectivity index (χ2v) is 12.7. The van der Waals surface area contributed by atoms with Crippen LogP contribution in [0, 0.1) is 17.3 Å². The number of allylic oxidation sites excluding steroid dienone is 1. The molecule has 3 fully saturated rings. The number of hydrogen-bond donors (Lipinski definition) is 2. The van der Waals surface area contributed by atoms with Gasteiger partial charge in [0.1, 0.15) is 23.9 Å². The molecule has 0 aromatic carbocycles. The van der Waals surface area contributed by atoms with E-state index in [-0.39, 0.29) is 18.4 Å². The van der Waals surface area contributed by atoms with Crippen molar-refractivity contribution in [2.75, 3.05) is 0 Å². The van der Waals surface area contributed by atoms with Crippen molar-refractivity contribution in [3.8, 4) is 0 Å². The highest BCUT2D eigenvalue weighted by Gasteiger charge is 2.79. The number of epoxide rings is 1. The Bertz CT molecular complexity index is 1170. The summed E-state index contributed by atoms with van der Waals surface area (Å²) < 4.78 is 29.3. The van der Waals surface area contributed by atoms with Crippen LogP contribution in [0.5, 0.6) is 0 Å². The van der Waals surface area contributed by atoms with E-state index in [4.69, 9.17) is 35.3 Å². The van der Waals surface area contributed by atoms with Gasteiger partial charge in [0.15, 0.2) is 17.8 Å². The van der Waals surface area contributed by atoms with Gasteiger partial charge in [0, 0.05) is 31.1 Å². The molecule has 11 nitrogen and oxygen atoms in total. The molecule has 0 amide bonds. The average molecular weight is 613 g/mol. The molecule has 2 heterocycles. The van der Waals surface area contributed by atoms with Gasteiger partial charge in [-0.3, -0.25) is 19.2 Å². The third-order valence-electron chi connectivity index (χ3n) is 9.25. The quantitative estimate of drug-likeness (QED) is 0.188. The maximum absolute atomic E-state index is 13.0. The number of carbonyl (C=O) groups is 4. The zero-order chi connectivity index (χ0) is 31.4. The molecule has 12 atom stereocenters. The van der Waals surface area contributed by atoms with Gasteiger partial charge in [-0.15, -0.1) is 11.6 Å². The lowest BCUT2D eigenvalue weighted by Gasteiger charge is -2.57. The summed E-state index contributed by atoms with van der Waals surface area (Å²) in [6, 6.07) is 0. The van der Waals surface area contributed by atoms with Gasteiger partial charge < -0.3 is 33.9 Å². The van der Waals surface area contributed by atoms with Crippen LogP contribution in [-0.4, -0.2) is 87.3 Å². The van der Waals surface area contributed by atoms with E-state index < -0.39 is 94.3 Å². The zero-order valence-corrected chi connectivity index (χ0v) is 25.6. The molecule has 2 saturated heterocycles. The van der Waals surface area contributed by atoms with Gasteiger partial charge in [0.2, 0.25) is 0 Å². The van der Waals surface area contributed by atoms with E-state index in [0.29, 0.717) is 12.8 Å².